The van der Waals surface area contributed by atoms with Gasteiger partial charge in [0.1, 0.15) is 11.6 Å². The van der Waals surface area contributed by atoms with Gasteiger partial charge >= 0.3 is 0 Å². The van der Waals surface area contributed by atoms with Crippen LogP contribution >= 0.6 is 0 Å². The lowest BCUT2D eigenvalue weighted by atomic mass is 10.0. The first-order valence-corrected chi connectivity index (χ1v) is 13.3. The lowest BCUT2D eigenvalue weighted by Crippen LogP contribution is -2.33. The molecule has 4 rings (SSSR count). The molecule has 2 amide bonds. The number of nitrogens with two attached hydrogens (primary N) is 1. The predicted octanol–water partition coefficient (Wildman–Crippen LogP) is 3.11. The molecular formula is C29H39N7O3. The Bertz CT molecular complexity index is 1380. The SMILES string of the molecule is COc1c(C)cnc(CN2C(=N)C(=C(/C)N)/C(=C/c3[nH]c(C)c(C(=O)NCCN4CCCC4)c3C)C2=O)c1C. The number of likely N-dealkylation sites (tertiary alicyclic amines) is 2. The molecule has 0 bridgehead atoms. The van der Waals surface area contributed by atoms with E-state index in [0.29, 0.717) is 46.1 Å². The first-order valence-electron chi connectivity index (χ1n) is 13.3. The summed E-state index contributed by atoms with van der Waals surface area (Å²) >= 11 is 0. The molecule has 0 aromatic carbocycles. The molecule has 0 unspecified atom stereocenters. The van der Waals surface area contributed by atoms with Crippen molar-refractivity contribution in [3.63, 3.8) is 0 Å². The van der Waals surface area contributed by atoms with E-state index >= 15 is 0 Å². The van der Waals surface area contributed by atoms with Gasteiger partial charge in [0.05, 0.1) is 30.5 Å². The number of amidine groups is 1. The van der Waals surface area contributed by atoms with Crippen molar-refractivity contribution < 1.29 is 14.3 Å². The Morgan fingerprint density at radius 1 is 1.23 bits per heavy atom. The number of carbonyl (C=O) groups is 2. The van der Waals surface area contributed by atoms with Crippen LogP contribution < -0.4 is 15.8 Å². The van der Waals surface area contributed by atoms with Gasteiger partial charge < -0.3 is 25.7 Å². The average Bonchev–Trinajstić information content (AvgIpc) is 3.55. The molecule has 2 aromatic heterocycles. The molecule has 0 saturated carbocycles. The van der Waals surface area contributed by atoms with Gasteiger partial charge in [0.15, 0.2) is 0 Å². The Morgan fingerprint density at radius 3 is 2.56 bits per heavy atom. The van der Waals surface area contributed by atoms with Crippen LogP contribution in [0.5, 0.6) is 5.75 Å². The molecule has 0 aliphatic carbocycles. The van der Waals surface area contributed by atoms with Crippen LogP contribution in [-0.2, 0) is 11.3 Å². The Balaban J connectivity index is 1.60. The summed E-state index contributed by atoms with van der Waals surface area (Å²) in [5.41, 5.74) is 12.3. The second kappa shape index (κ2) is 11.4. The molecule has 208 valence electrons. The molecule has 2 aliphatic heterocycles. The van der Waals surface area contributed by atoms with E-state index in [2.05, 4.69) is 20.2 Å². The highest BCUT2D eigenvalue weighted by Gasteiger charge is 2.38. The normalized spacial score (nSPS) is 18.4. The maximum atomic E-state index is 13.6. The number of allylic oxidation sites excluding steroid dienone is 1. The van der Waals surface area contributed by atoms with E-state index in [-0.39, 0.29) is 24.2 Å². The number of amides is 2. The van der Waals surface area contributed by atoms with Crippen LogP contribution in [0.4, 0.5) is 0 Å². The molecule has 0 radical (unpaired) electrons. The Hall–Kier alpha value is -3.92. The number of hydrogen-bond donors (Lipinski definition) is 4. The number of hydrogen-bond acceptors (Lipinski definition) is 7. The Labute approximate surface area is 229 Å². The molecule has 5 N–H and O–H groups in total. The van der Waals surface area contributed by atoms with Crippen LogP contribution in [0.2, 0.25) is 0 Å². The molecule has 10 nitrogen and oxygen atoms in total. The van der Waals surface area contributed by atoms with Crippen molar-refractivity contribution >= 4 is 23.7 Å². The highest BCUT2D eigenvalue weighted by atomic mass is 16.5. The van der Waals surface area contributed by atoms with Gasteiger partial charge in [-0.05, 0) is 72.2 Å². The summed E-state index contributed by atoms with van der Waals surface area (Å²) in [6.45, 7) is 12.9. The van der Waals surface area contributed by atoms with Gasteiger partial charge in [0.25, 0.3) is 11.8 Å². The lowest BCUT2D eigenvalue weighted by Gasteiger charge is -2.18. The molecule has 0 atom stereocenters. The first-order chi connectivity index (χ1) is 18.5. The quantitative estimate of drug-likeness (QED) is 0.385. The highest BCUT2D eigenvalue weighted by molar-refractivity contribution is 6.27. The van der Waals surface area contributed by atoms with Crippen molar-refractivity contribution in [3.05, 3.63) is 62.4 Å². The molecule has 10 heteroatoms. The fourth-order valence-corrected chi connectivity index (χ4v) is 5.51. The molecule has 2 fully saturated rings. The number of nitrogens with one attached hydrogen (secondary N) is 3. The van der Waals surface area contributed by atoms with Crippen molar-refractivity contribution in [1.82, 2.24) is 25.1 Å². The minimum absolute atomic E-state index is 0.0211. The van der Waals surface area contributed by atoms with Crippen LogP contribution in [0.1, 0.15) is 63.9 Å². The molecule has 2 aromatic rings. The van der Waals surface area contributed by atoms with E-state index in [1.807, 2.05) is 27.7 Å². The number of aryl methyl sites for hydroxylation is 2. The molecular weight excluding hydrogens is 494 g/mol. The second-order valence-electron chi connectivity index (χ2n) is 10.4. The summed E-state index contributed by atoms with van der Waals surface area (Å²) in [5, 5.41) is 11.8. The number of methoxy groups -OCH3 is 1. The molecule has 4 heterocycles. The molecule has 2 saturated heterocycles. The second-order valence-corrected chi connectivity index (χ2v) is 10.4. The zero-order valence-electron chi connectivity index (χ0n) is 23.7. The minimum Gasteiger partial charge on any atom is -0.496 e. The number of ether oxygens (including phenoxy) is 1. The van der Waals surface area contributed by atoms with Crippen molar-refractivity contribution in [2.24, 2.45) is 5.73 Å². The summed E-state index contributed by atoms with van der Waals surface area (Å²) in [4.78, 5) is 38.2. The van der Waals surface area contributed by atoms with Crippen LogP contribution in [0.3, 0.4) is 0 Å². The van der Waals surface area contributed by atoms with Crippen molar-refractivity contribution in [2.45, 2.75) is 54.0 Å². The van der Waals surface area contributed by atoms with Crippen molar-refractivity contribution in [1.29, 1.82) is 5.41 Å². The number of aromatic nitrogens is 2. The standard InChI is InChI=1S/C29H39N7O3/c1-16-14-33-23(18(3)26(16)39-6)15-36-27(31)25(19(4)30)21(29(36)38)13-22-17(2)24(20(5)34-22)28(37)32-9-12-35-10-7-8-11-35/h13-14,31,34H,7-12,15,30H2,1-6H3,(H,32,37)/b21-13-,25-19-,31-27?. The van der Waals surface area contributed by atoms with Gasteiger partial charge in [0.2, 0.25) is 0 Å². The van der Waals surface area contributed by atoms with Gasteiger partial charge in [-0.25, -0.2) is 0 Å². The van der Waals surface area contributed by atoms with Gasteiger partial charge in [-0.1, -0.05) is 0 Å². The third-order valence-corrected chi connectivity index (χ3v) is 7.61. The van der Waals surface area contributed by atoms with Gasteiger partial charge in [-0.3, -0.25) is 24.9 Å². The Morgan fingerprint density at radius 2 is 1.92 bits per heavy atom. The minimum atomic E-state index is -0.344. The maximum absolute atomic E-state index is 13.6. The highest BCUT2D eigenvalue weighted by Crippen LogP contribution is 2.33. The van der Waals surface area contributed by atoms with E-state index in [4.69, 9.17) is 15.9 Å². The number of rotatable bonds is 8. The predicted molar refractivity (Wildman–Crippen MR) is 152 cm³/mol. The van der Waals surface area contributed by atoms with E-state index in [0.717, 1.165) is 42.0 Å². The Kier molecular flexibility index (Phi) is 8.25. The number of H-pyrrole nitrogens is 1. The van der Waals surface area contributed by atoms with Gasteiger partial charge in [0, 0.05) is 53.1 Å². The number of nitrogens with zero attached hydrogens (tertiary/aromatic N) is 3. The monoisotopic (exact) mass is 533 g/mol. The lowest BCUT2D eigenvalue weighted by molar-refractivity contribution is -0.122. The van der Waals surface area contributed by atoms with E-state index in [1.165, 1.54) is 17.7 Å². The van der Waals surface area contributed by atoms with Gasteiger partial charge in [-0.15, -0.1) is 0 Å². The maximum Gasteiger partial charge on any atom is 0.260 e. The van der Waals surface area contributed by atoms with Crippen LogP contribution in [0.25, 0.3) is 6.08 Å². The molecule has 2 aliphatic rings. The topological polar surface area (TPSA) is 140 Å². The zero-order valence-corrected chi connectivity index (χ0v) is 23.7. The molecule has 0 spiro atoms. The number of carbonyl (C=O) groups excluding carboxylic acids is 2. The third kappa shape index (κ3) is 5.47. The van der Waals surface area contributed by atoms with E-state index in [1.54, 1.807) is 26.3 Å². The van der Waals surface area contributed by atoms with Crippen molar-refractivity contribution in [3.8, 4) is 5.75 Å². The summed E-state index contributed by atoms with van der Waals surface area (Å²) in [6, 6.07) is 0. The summed E-state index contributed by atoms with van der Waals surface area (Å²) in [7, 11) is 1.60. The number of aromatic amines is 1. The van der Waals surface area contributed by atoms with Crippen LogP contribution in [0.15, 0.2) is 23.0 Å². The molecule has 39 heavy (non-hydrogen) atoms. The van der Waals surface area contributed by atoms with Crippen LogP contribution in [0, 0.1) is 33.1 Å². The fraction of sp³-hybridized carbons (Fsp3) is 0.448. The largest absolute Gasteiger partial charge is 0.496 e. The van der Waals surface area contributed by atoms with Crippen LogP contribution in [-0.4, -0.2) is 70.7 Å². The number of pyridine rings is 1. The fourth-order valence-electron chi connectivity index (χ4n) is 5.51. The smallest absolute Gasteiger partial charge is 0.260 e. The average molecular weight is 534 g/mol. The summed E-state index contributed by atoms with van der Waals surface area (Å²) < 4.78 is 5.51. The third-order valence-electron chi connectivity index (χ3n) is 7.61. The van der Waals surface area contributed by atoms with Gasteiger partial charge in [-0.2, -0.15) is 0 Å². The van der Waals surface area contributed by atoms with Crippen molar-refractivity contribution in [2.75, 3.05) is 33.3 Å². The van der Waals surface area contributed by atoms with E-state index < -0.39 is 0 Å². The zero-order chi connectivity index (χ0) is 28.4. The summed E-state index contributed by atoms with van der Waals surface area (Å²) in [6.07, 6.45) is 5.82. The summed E-state index contributed by atoms with van der Waals surface area (Å²) in [5.74, 6) is 0.248. The first kappa shape index (κ1) is 28.1. The van der Waals surface area contributed by atoms with E-state index in [9.17, 15) is 9.59 Å².